The third kappa shape index (κ3) is 6.59. The van der Waals surface area contributed by atoms with Gasteiger partial charge in [0.1, 0.15) is 18.1 Å². The van der Waals surface area contributed by atoms with Gasteiger partial charge in [-0.1, -0.05) is 13.3 Å². The summed E-state index contributed by atoms with van der Waals surface area (Å²) in [6, 6.07) is 10.6. The van der Waals surface area contributed by atoms with Gasteiger partial charge >= 0.3 is 0 Å². The molecular weight excluding hydrogens is 396 g/mol. The maximum Gasteiger partial charge on any atom is 0.254 e. The summed E-state index contributed by atoms with van der Waals surface area (Å²) in [5, 5.41) is 0. The molecule has 0 bridgehead atoms. The van der Waals surface area contributed by atoms with E-state index in [1.54, 1.807) is 47.4 Å². The number of hydrogen-bond donors (Lipinski definition) is 0. The highest BCUT2D eigenvalue weighted by molar-refractivity contribution is 5.96. The van der Waals surface area contributed by atoms with Crippen molar-refractivity contribution >= 4 is 11.8 Å². The van der Waals surface area contributed by atoms with Crippen LogP contribution in [-0.2, 0) is 16.1 Å². The van der Waals surface area contributed by atoms with E-state index in [-0.39, 0.29) is 24.5 Å². The first-order valence-corrected chi connectivity index (χ1v) is 11.0. The van der Waals surface area contributed by atoms with Crippen LogP contribution in [0.5, 0.6) is 5.75 Å². The van der Waals surface area contributed by atoms with Crippen LogP contribution in [0.4, 0.5) is 0 Å². The van der Waals surface area contributed by atoms with Crippen LogP contribution >= 0.6 is 0 Å². The smallest absolute Gasteiger partial charge is 0.254 e. The molecule has 1 aliphatic heterocycles. The van der Waals surface area contributed by atoms with Gasteiger partial charge in [0.15, 0.2) is 0 Å². The Labute approximate surface area is 183 Å². The molecule has 0 N–H and O–H groups in total. The summed E-state index contributed by atoms with van der Waals surface area (Å²) >= 11 is 0. The van der Waals surface area contributed by atoms with Gasteiger partial charge in [0.05, 0.1) is 26.0 Å². The molecule has 1 saturated heterocycles. The van der Waals surface area contributed by atoms with Crippen LogP contribution in [0, 0.1) is 0 Å². The van der Waals surface area contributed by atoms with Gasteiger partial charge in [0.2, 0.25) is 5.91 Å². The predicted molar refractivity (Wildman–Crippen MR) is 117 cm³/mol. The number of methoxy groups -OCH3 is 1. The monoisotopic (exact) mass is 428 g/mol. The Morgan fingerprint density at radius 1 is 1.16 bits per heavy atom. The lowest BCUT2D eigenvalue weighted by Gasteiger charge is -2.29. The Kier molecular flexibility index (Phi) is 8.53. The number of benzene rings is 1. The molecule has 0 spiro atoms. The number of carbonyl (C=O) groups excluding carboxylic acids is 2. The average Bonchev–Trinajstić information content (AvgIpc) is 3.50. The first-order chi connectivity index (χ1) is 15.1. The third-order valence-electron chi connectivity index (χ3n) is 5.46. The zero-order chi connectivity index (χ0) is 22.1. The van der Waals surface area contributed by atoms with Crippen LogP contribution in [-0.4, -0.2) is 61.1 Å². The van der Waals surface area contributed by atoms with Crippen molar-refractivity contribution in [2.75, 3.05) is 33.4 Å². The van der Waals surface area contributed by atoms with Gasteiger partial charge in [0.25, 0.3) is 5.91 Å². The van der Waals surface area contributed by atoms with E-state index in [0.29, 0.717) is 36.7 Å². The quantitative estimate of drug-likeness (QED) is 0.545. The van der Waals surface area contributed by atoms with Gasteiger partial charge in [-0.25, -0.2) is 0 Å². The molecular formula is C24H32N2O5. The molecule has 168 valence electrons. The van der Waals surface area contributed by atoms with Crippen LogP contribution in [0.25, 0.3) is 0 Å². The highest BCUT2D eigenvalue weighted by atomic mass is 16.5. The molecule has 0 saturated carbocycles. The van der Waals surface area contributed by atoms with Crippen molar-refractivity contribution in [2.24, 2.45) is 0 Å². The molecule has 1 atom stereocenters. The molecule has 7 heteroatoms. The Balaban J connectivity index is 1.72. The molecule has 2 heterocycles. The number of ether oxygens (including phenoxy) is 2. The van der Waals surface area contributed by atoms with Crippen molar-refractivity contribution in [1.29, 1.82) is 0 Å². The van der Waals surface area contributed by atoms with Crippen LogP contribution in [0.1, 0.15) is 48.7 Å². The summed E-state index contributed by atoms with van der Waals surface area (Å²) in [5.74, 6) is 1.14. The topological polar surface area (TPSA) is 72.2 Å². The molecule has 7 nitrogen and oxygen atoms in total. The predicted octanol–water partition coefficient (Wildman–Crippen LogP) is 3.74. The van der Waals surface area contributed by atoms with Crippen LogP contribution in [0.2, 0.25) is 0 Å². The Hall–Kier alpha value is -2.80. The van der Waals surface area contributed by atoms with Gasteiger partial charge in [0, 0.05) is 25.3 Å². The fourth-order valence-electron chi connectivity index (χ4n) is 3.66. The molecule has 2 aromatic rings. The van der Waals surface area contributed by atoms with Crippen molar-refractivity contribution < 1.29 is 23.5 Å². The maximum absolute atomic E-state index is 13.3. The van der Waals surface area contributed by atoms with E-state index in [1.807, 2.05) is 12.1 Å². The minimum atomic E-state index is -0.153. The van der Waals surface area contributed by atoms with Crippen molar-refractivity contribution in [2.45, 2.75) is 45.3 Å². The molecule has 0 aliphatic carbocycles. The number of unbranched alkanes of at least 4 members (excludes halogenated alkanes) is 1. The number of amides is 2. The Morgan fingerprint density at radius 3 is 2.58 bits per heavy atom. The summed E-state index contributed by atoms with van der Waals surface area (Å²) in [5.41, 5.74) is 0.543. The molecule has 3 rings (SSSR count). The SMILES string of the molecule is CCCCN(CC(=O)N(Cc1ccco1)C[C@@H]1CCCO1)C(=O)c1ccc(OC)cc1. The van der Waals surface area contributed by atoms with Crippen molar-refractivity contribution in [3.05, 3.63) is 54.0 Å². The van der Waals surface area contributed by atoms with Crippen LogP contribution < -0.4 is 4.74 Å². The zero-order valence-corrected chi connectivity index (χ0v) is 18.4. The lowest BCUT2D eigenvalue weighted by atomic mass is 10.1. The lowest BCUT2D eigenvalue weighted by Crippen LogP contribution is -2.45. The summed E-state index contributed by atoms with van der Waals surface area (Å²) in [4.78, 5) is 29.8. The molecule has 1 aliphatic rings. The van der Waals surface area contributed by atoms with Crippen molar-refractivity contribution in [3.8, 4) is 5.75 Å². The molecule has 31 heavy (non-hydrogen) atoms. The fourth-order valence-corrected chi connectivity index (χ4v) is 3.66. The van der Waals surface area contributed by atoms with E-state index in [1.165, 1.54) is 0 Å². The maximum atomic E-state index is 13.3. The molecule has 2 amide bonds. The van der Waals surface area contributed by atoms with Crippen LogP contribution in [0.15, 0.2) is 47.1 Å². The Bertz CT molecular complexity index is 813. The van der Waals surface area contributed by atoms with Gasteiger partial charge in [-0.3, -0.25) is 9.59 Å². The van der Waals surface area contributed by atoms with E-state index in [9.17, 15) is 9.59 Å². The van der Waals surface area contributed by atoms with E-state index in [4.69, 9.17) is 13.9 Å². The number of carbonyl (C=O) groups is 2. The van der Waals surface area contributed by atoms with Gasteiger partial charge < -0.3 is 23.7 Å². The number of hydrogen-bond acceptors (Lipinski definition) is 5. The number of nitrogens with zero attached hydrogens (tertiary/aromatic N) is 2. The van der Waals surface area contributed by atoms with E-state index in [2.05, 4.69) is 6.92 Å². The molecule has 0 unspecified atom stereocenters. The average molecular weight is 429 g/mol. The molecule has 1 fully saturated rings. The second-order valence-electron chi connectivity index (χ2n) is 7.80. The number of furan rings is 1. The van der Waals surface area contributed by atoms with E-state index >= 15 is 0 Å². The summed E-state index contributed by atoms with van der Waals surface area (Å²) in [6.45, 7) is 4.21. The van der Waals surface area contributed by atoms with Gasteiger partial charge in [-0.2, -0.15) is 0 Å². The molecule has 1 aromatic carbocycles. The minimum Gasteiger partial charge on any atom is -0.497 e. The van der Waals surface area contributed by atoms with Crippen molar-refractivity contribution in [1.82, 2.24) is 9.80 Å². The molecule has 1 aromatic heterocycles. The minimum absolute atomic E-state index is 0.0261. The summed E-state index contributed by atoms with van der Waals surface area (Å²) in [7, 11) is 1.59. The van der Waals surface area contributed by atoms with E-state index < -0.39 is 0 Å². The number of rotatable bonds is 11. The van der Waals surface area contributed by atoms with Crippen LogP contribution in [0.3, 0.4) is 0 Å². The first-order valence-electron chi connectivity index (χ1n) is 11.0. The summed E-state index contributed by atoms with van der Waals surface area (Å²) < 4.78 is 16.4. The second kappa shape index (κ2) is 11.6. The highest BCUT2D eigenvalue weighted by Crippen LogP contribution is 2.17. The fraction of sp³-hybridized carbons (Fsp3) is 0.500. The first kappa shape index (κ1) is 22.9. The molecule has 0 radical (unpaired) electrons. The van der Waals surface area contributed by atoms with Crippen molar-refractivity contribution in [3.63, 3.8) is 0 Å². The second-order valence-corrected chi connectivity index (χ2v) is 7.80. The zero-order valence-electron chi connectivity index (χ0n) is 18.4. The lowest BCUT2D eigenvalue weighted by molar-refractivity contribution is -0.134. The largest absolute Gasteiger partial charge is 0.497 e. The van der Waals surface area contributed by atoms with E-state index in [0.717, 1.165) is 32.3 Å². The highest BCUT2D eigenvalue weighted by Gasteiger charge is 2.26. The normalized spacial score (nSPS) is 15.6. The Morgan fingerprint density at radius 2 is 1.97 bits per heavy atom. The standard InChI is InChI=1S/C24H32N2O5/c1-3-4-13-25(24(28)19-9-11-20(29-2)12-10-19)18-23(27)26(16-21-7-5-14-30-21)17-22-8-6-15-31-22/h5,7,9-12,14,22H,3-4,6,8,13,15-18H2,1-2H3/t22-/m0/s1. The summed E-state index contributed by atoms with van der Waals surface area (Å²) in [6.07, 6.45) is 5.34. The third-order valence-corrected chi connectivity index (χ3v) is 5.46. The van der Waals surface area contributed by atoms with Gasteiger partial charge in [-0.05, 0) is 55.7 Å². The van der Waals surface area contributed by atoms with Gasteiger partial charge in [-0.15, -0.1) is 0 Å².